The van der Waals surface area contributed by atoms with Gasteiger partial charge in [0.05, 0.1) is 11.1 Å². The van der Waals surface area contributed by atoms with Crippen molar-refractivity contribution in [2.45, 2.75) is 33.2 Å². The standard InChI is InChI=1S/C12H16BrNO3/c1-3-4-5-17-11(15)8-14-7-9(2)6-10(13)12(14)16/h6-7H,3-5,8H2,1-2H3. The van der Waals surface area contributed by atoms with E-state index < -0.39 is 0 Å². The van der Waals surface area contributed by atoms with Gasteiger partial charge in [-0.15, -0.1) is 0 Å². The summed E-state index contributed by atoms with van der Waals surface area (Å²) in [5.41, 5.74) is 0.695. The molecule has 4 nitrogen and oxygen atoms in total. The molecular formula is C12H16BrNO3. The number of aryl methyl sites for hydroxylation is 1. The zero-order chi connectivity index (χ0) is 12.8. The van der Waals surface area contributed by atoms with E-state index in [1.165, 1.54) is 4.57 Å². The molecule has 0 aliphatic heterocycles. The van der Waals surface area contributed by atoms with Gasteiger partial charge in [-0.1, -0.05) is 13.3 Å². The number of carbonyl (C=O) groups excluding carboxylic acids is 1. The number of nitrogens with zero attached hydrogens (tertiary/aromatic N) is 1. The number of pyridine rings is 1. The number of hydrogen-bond donors (Lipinski definition) is 0. The molecule has 1 heterocycles. The highest BCUT2D eigenvalue weighted by Gasteiger charge is 2.08. The van der Waals surface area contributed by atoms with Crippen LogP contribution in [0.3, 0.4) is 0 Å². The minimum atomic E-state index is -0.377. The second kappa shape index (κ2) is 6.59. The van der Waals surface area contributed by atoms with Gasteiger partial charge < -0.3 is 9.30 Å². The minimum absolute atomic E-state index is 0.0389. The number of rotatable bonds is 5. The highest BCUT2D eigenvalue weighted by Crippen LogP contribution is 2.05. The Bertz CT molecular complexity index is 454. The van der Waals surface area contributed by atoms with Crippen molar-refractivity contribution in [1.29, 1.82) is 0 Å². The Morgan fingerprint density at radius 2 is 2.24 bits per heavy atom. The minimum Gasteiger partial charge on any atom is -0.464 e. The predicted molar refractivity (Wildman–Crippen MR) is 69.0 cm³/mol. The Balaban J connectivity index is 2.68. The Morgan fingerprint density at radius 1 is 1.53 bits per heavy atom. The molecule has 0 aliphatic carbocycles. The normalized spacial score (nSPS) is 10.3. The van der Waals surface area contributed by atoms with E-state index in [4.69, 9.17) is 4.74 Å². The van der Waals surface area contributed by atoms with Crippen LogP contribution in [0, 0.1) is 6.92 Å². The Morgan fingerprint density at radius 3 is 2.88 bits per heavy atom. The summed E-state index contributed by atoms with van der Waals surface area (Å²) in [5.74, 6) is -0.377. The molecule has 0 spiro atoms. The topological polar surface area (TPSA) is 48.3 Å². The number of carbonyl (C=O) groups is 1. The zero-order valence-corrected chi connectivity index (χ0v) is 11.6. The summed E-state index contributed by atoms with van der Waals surface area (Å²) in [6, 6.07) is 1.72. The lowest BCUT2D eigenvalue weighted by molar-refractivity contribution is -0.144. The van der Waals surface area contributed by atoms with E-state index in [9.17, 15) is 9.59 Å². The Hall–Kier alpha value is -1.10. The van der Waals surface area contributed by atoms with E-state index in [0.29, 0.717) is 11.1 Å². The van der Waals surface area contributed by atoms with Gasteiger partial charge >= 0.3 is 5.97 Å². The molecule has 94 valence electrons. The number of ether oxygens (including phenoxy) is 1. The van der Waals surface area contributed by atoms with Crippen LogP contribution in [-0.2, 0) is 16.1 Å². The van der Waals surface area contributed by atoms with Gasteiger partial charge in [-0.2, -0.15) is 0 Å². The van der Waals surface area contributed by atoms with Crippen LogP contribution >= 0.6 is 15.9 Å². The van der Waals surface area contributed by atoms with Crippen LogP contribution in [0.25, 0.3) is 0 Å². The smallest absolute Gasteiger partial charge is 0.326 e. The predicted octanol–water partition coefficient (Wildman–Crippen LogP) is 2.26. The van der Waals surface area contributed by atoms with Crippen molar-refractivity contribution < 1.29 is 9.53 Å². The molecule has 0 fully saturated rings. The summed E-state index contributed by atoms with van der Waals surface area (Å²) in [7, 11) is 0. The lowest BCUT2D eigenvalue weighted by Crippen LogP contribution is -2.25. The van der Waals surface area contributed by atoms with Gasteiger partial charge in [-0.25, -0.2) is 0 Å². The first kappa shape index (κ1) is 14.0. The van der Waals surface area contributed by atoms with Crippen LogP contribution in [0.15, 0.2) is 21.5 Å². The SMILES string of the molecule is CCCCOC(=O)Cn1cc(C)cc(Br)c1=O. The molecule has 0 atom stereocenters. The van der Waals surface area contributed by atoms with E-state index >= 15 is 0 Å². The van der Waals surface area contributed by atoms with Crippen LogP contribution in [0.2, 0.25) is 0 Å². The average Bonchev–Trinajstić information content (AvgIpc) is 2.25. The van der Waals surface area contributed by atoms with Gasteiger partial charge in [-0.05, 0) is 40.9 Å². The largest absolute Gasteiger partial charge is 0.464 e. The third kappa shape index (κ3) is 4.34. The molecule has 0 saturated carbocycles. The van der Waals surface area contributed by atoms with Crippen LogP contribution < -0.4 is 5.56 Å². The molecule has 0 bridgehead atoms. The van der Waals surface area contributed by atoms with Gasteiger partial charge in [-0.3, -0.25) is 9.59 Å². The maximum absolute atomic E-state index is 11.7. The average molecular weight is 302 g/mol. The highest BCUT2D eigenvalue weighted by molar-refractivity contribution is 9.10. The lowest BCUT2D eigenvalue weighted by atomic mass is 10.3. The maximum atomic E-state index is 11.7. The van der Waals surface area contributed by atoms with Crippen LogP contribution in [0.4, 0.5) is 0 Å². The van der Waals surface area contributed by atoms with Gasteiger partial charge in [0.15, 0.2) is 0 Å². The van der Waals surface area contributed by atoms with Crippen molar-refractivity contribution >= 4 is 21.9 Å². The fourth-order valence-electron chi connectivity index (χ4n) is 1.37. The van der Waals surface area contributed by atoms with E-state index in [1.54, 1.807) is 12.3 Å². The number of aromatic nitrogens is 1. The zero-order valence-electron chi connectivity index (χ0n) is 10.0. The molecule has 17 heavy (non-hydrogen) atoms. The number of halogens is 1. The molecule has 0 aliphatic rings. The first-order chi connectivity index (χ1) is 8.04. The van der Waals surface area contributed by atoms with Crippen molar-refractivity contribution in [3.63, 3.8) is 0 Å². The molecule has 0 unspecified atom stereocenters. The Kier molecular flexibility index (Phi) is 5.41. The maximum Gasteiger partial charge on any atom is 0.326 e. The summed E-state index contributed by atoms with van der Waals surface area (Å²) in [6.45, 7) is 4.26. The number of esters is 1. The fourth-order valence-corrected chi connectivity index (χ4v) is 1.96. The van der Waals surface area contributed by atoms with Gasteiger partial charge in [0.25, 0.3) is 5.56 Å². The molecular weight excluding hydrogens is 286 g/mol. The van der Waals surface area contributed by atoms with Crippen molar-refractivity contribution in [3.05, 3.63) is 32.7 Å². The van der Waals surface area contributed by atoms with Crippen LogP contribution in [-0.4, -0.2) is 17.1 Å². The quantitative estimate of drug-likeness (QED) is 0.619. The molecule has 1 aromatic rings. The Labute approximate surface area is 109 Å². The van der Waals surface area contributed by atoms with Gasteiger partial charge in [0.1, 0.15) is 6.54 Å². The lowest BCUT2D eigenvalue weighted by Gasteiger charge is -2.07. The van der Waals surface area contributed by atoms with E-state index in [2.05, 4.69) is 15.9 Å². The van der Waals surface area contributed by atoms with E-state index in [0.717, 1.165) is 18.4 Å². The van der Waals surface area contributed by atoms with Crippen molar-refractivity contribution in [2.24, 2.45) is 0 Å². The molecule has 0 radical (unpaired) electrons. The van der Waals surface area contributed by atoms with Crippen molar-refractivity contribution in [2.75, 3.05) is 6.61 Å². The van der Waals surface area contributed by atoms with Crippen LogP contribution in [0.5, 0.6) is 0 Å². The van der Waals surface area contributed by atoms with Gasteiger partial charge in [0, 0.05) is 6.20 Å². The number of hydrogen-bond acceptors (Lipinski definition) is 3. The second-order valence-corrected chi connectivity index (χ2v) is 4.73. The van der Waals surface area contributed by atoms with E-state index in [1.807, 2.05) is 13.8 Å². The van der Waals surface area contributed by atoms with Crippen molar-refractivity contribution in [1.82, 2.24) is 4.57 Å². The summed E-state index contributed by atoms with van der Waals surface area (Å²) in [5, 5.41) is 0. The molecule has 0 aromatic carbocycles. The molecule has 5 heteroatoms. The fraction of sp³-hybridized carbons (Fsp3) is 0.500. The molecule has 1 rings (SSSR count). The first-order valence-corrected chi connectivity index (χ1v) is 6.36. The molecule has 0 saturated heterocycles. The van der Waals surface area contributed by atoms with E-state index in [-0.39, 0.29) is 18.1 Å². The molecule has 0 amide bonds. The summed E-state index contributed by atoms with van der Waals surface area (Å²) < 4.78 is 6.82. The third-order valence-corrected chi connectivity index (χ3v) is 2.81. The molecule has 1 aromatic heterocycles. The van der Waals surface area contributed by atoms with Crippen LogP contribution in [0.1, 0.15) is 25.3 Å². The third-order valence-electron chi connectivity index (χ3n) is 2.24. The van der Waals surface area contributed by atoms with Crippen molar-refractivity contribution in [3.8, 4) is 0 Å². The first-order valence-electron chi connectivity index (χ1n) is 5.56. The monoisotopic (exact) mass is 301 g/mol. The summed E-state index contributed by atoms with van der Waals surface area (Å²) >= 11 is 3.17. The number of unbranched alkanes of at least 4 members (excludes halogenated alkanes) is 1. The van der Waals surface area contributed by atoms with Gasteiger partial charge in [0.2, 0.25) is 0 Å². The summed E-state index contributed by atoms with van der Waals surface area (Å²) in [4.78, 5) is 23.2. The highest BCUT2D eigenvalue weighted by atomic mass is 79.9. The second-order valence-electron chi connectivity index (χ2n) is 3.87. The molecule has 0 N–H and O–H groups in total. The summed E-state index contributed by atoms with van der Waals surface area (Å²) in [6.07, 6.45) is 3.47.